The van der Waals surface area contributed by atoms with Crippen molar-refractivity contribution in [3.8, 4) is 11.4 Å². The Morgan fingerprint density at radius 1 is 0.929 bits per heavy atom. The molecule has 9 heteroatoms. The Morgan fingerprint density at radius 2 is 1.71 bits per heavy atom. The van der Waals surface area contributed by atoms with Crippen LogP contribution in [0.25, 0.3) is 5.69 Å². The molecule has 214 valence electrons. The number of halogens is 1. The molecule has 0 bridgehead atoms. The molecule has 5 aromatic rings. The van der Waals surface area contributed by atoms with Gasteiger partial charge >= 0.3 is 6.03 Å². The fourth-order valence-electron chi connectivity index (χ4n) is 4.68. The second kappa shape index (κ2) is 13.6. The first-order valence-electron chi connectivity index (χ1n) is 13.6. The van der Waals surface area contributed by atoms with E-state index in [0.29, 0.717) is 39.6 Å². The number of anilines is 1. The smallest absolute Gasteiger partial charge is 0.319 e. The fourth-order valence-corrected chi connectivity index (χ4v) is 5.74. The van der Waals surface area contributed by atoms with E-state index in [-0.39, 0.29) is 6.03 Å². The van der Waals surface area contributed by atoms with Crippen molar-refractivity contribution in [2.75, 3.05) is 12.4 Å². The minimum absolute atomic E-state index is 0.365. The number of nitrogens with zero attached hydrogens (tertiary/aromatic N) is 3. The number of carbonyl (C=O) groups excluding carboxylic acids is 1. The van der Waals surface area contributed by atoms with Crippen molar-refractivity contribution in [3.05, 3.63) is 130 Å². The zero-order chi connectivity index (χ0) is 29.5. The van der Waals surface area contributed by atoms with Gasteiger partial charge in [0.25, 0.3) is 0 Å². The number of nitrogens with one attached hydrogen (secondary N) is 2. The normalized spacial score (nSPS) is 11.6. The van der Waals surface area contributed by atoms with Crippen LogP contribution in [0.4, 0.5) is 10.5 Å². The van der Waals surface area contributed by atoms with Crippen LogP contribution in [-0.4, -0.2) is 27.9 Å². The van der Waals surface area contributed by atoms with Crippen molar-refractivity contribution in [1.82, 2.24) is 20.1 Å². The standard InChI is InChI=1S/C33H32ClN5O2S/c1-22-9-7-12-25(17-22)21-42-33-38-37-31(39(33)30-19-26(34)16-15-23(30)2)29(18-24-10-5-4-6-11-24)36-32(40)35-27-13-8-14-28(20-27)41-3/h4-17,19-20,29H,18,21H2,1-3H3,(H2,35,36,40). The molecular formula is C33H32ClN5O2S. The summed E-state index contributed by atoms with van der Waals surface area (Å²) in [5.41, 5.74) is 5.94. The third-order valence-electron chi connectivity index (χ3n) is 6.75. The number of aromatic nitrogens is 3. The van der Waals surface area contributed by atoms with Crippen LogP contribution in [0, 0.1) is 13.8 Å². The van der Waals surface area contributed by atoms with Crippen LogP contribution in [0.1, 0.15) is 34.1 Å². The number of methoxy groups -OCH3 is 1. The van der Waals surface area contributed by atoms with Crippen molar-refractivity contribution < 1.29 is 9.53 Å². The Balaban J connectivity index is 1.52. The van der Waals surface area contributed by atoms with Gasteiger partial charge in [0.1, 0.15) is 5.75 Å². The summed E-state index contributed by atoms with van der Waals surface area (Å²) in [5.74, 6) is 1.98. The minimum Gasteiger partial charge on any atom is -0.497 e. The molecule has 0 aliphatic rings. The topological polar surface area (TPSA) is 81.1 Å². The van der Waals surface area contributed by atoms with Gasteiger partial charge in [0, 0.05) is 29.0 Å². The van der Waals surface area contributed by atoms with E-state index in [2.05, 4.69) is 52.0 Å². The van der Waals surface area contributed by atoms with Crippen molar-refractivity contribution in [2.45, 2.75) is 37.2 Å². The van der Waals surface area contributed by atoms with Crippen LogP contribution in [-0.2, 0) is 12.2 Å². The lowest BCUT2D eigenvalue weighted by Crippen LogP contribution is -2.35. The summed E-state index contributed by atoms with van der Waals surface area (Å²) in [4.78, 5) is 13.4. The molecule has 0 fully saturated rings. The molecule has 5 rings (SSSR count). The molecule has 1 aromatic heterocycles. The maximum absolute atomic E-state index is 13.4. The number of carbonyl (C=O) groups is 1. The molecule has 1 heterocycles. The summed E-state index contributed by atoms with van der Waals surface area (Å²) in [5, 5.41) is 16.7. The predicted octanol–water partition coefficient (Wildman–Crippen LogP) is 7.94. The Hall–Kier alpha value is -4.27. The summed E-state index contributed by atoms with van der Waals surface area (Å²) in [6.45, 7) is 4.11. The second-order valence-electron chi connectivity index (χ2n) is 9.96. The number of thioether (sulfide) groups is 1. The van der Waals surface area contributed by atoms with E-state index in [1.807, 2.05) is 78.2 Å². The van der Waals surface area contributed by atoms with Gasteiger partial charge in [-0.1, -0.05) is 95.7 Å². The zero-order valence-electron chi connectivity index (χ0n) is 23.7. The Kier molecular flexibility index (Phi) is 9.46. The first-order valence-corrected chi connectivity index (χ1v) is 14.9. The van der Waals surface area contributed by atoms with Crippen LogP contribution >= 0.6 is 23.4 Å². The van der Waals surface area contributed by atoms with Gasteiger partial charge in [0.2, 0.25) is 0 Å². The van der Waals surface area contributed by atoms with Gasteiger partial charge in [-0.2, -0.15) is 0 Å². The van der Waals surface area contributed by atoms with Crippen LogP contribution in [0.5, 0.6) is 5.75 Å². The molecule has 1 unspecified atom stereocenters. The zero-order valence-corrected chi connectivity index (χ0v) is 25.2. The number of rotatable bonds is 10. The lowest BCUT2D eigenvalue weighted by atomic mass is 10.0. The van der Waals surface area contributed by atoms with Crippen LogP contribution in [0.2, 0.25) is 5.02 Å². The molecule has 0 aliphatic heterocycles. The van der Waals surface area contributed by atoms with Gasteiger partial charge < -0.3 is 15.4 Å². The molecule has 7 nitrogen and oxygen atoms in total. The van der Waals surface area contributed by atoms with Crippen LogP contribution in [0.15, 0.2) is 102 Å². The molecule has 1 atom stereocenters. The van der Waals surface area contributed by atoms with E-state index >= 15 is 0 Å². The number of urea groups is 1. The highest BCUT2D eigenvalue weighted by Crippen LogP contribution is 2.32. The van der Waals surface area contributed by atoms with Gasteiger partial charge in [-0.05, 0) is 54.8 Å². The van der Waals surface area contributed by atoms with E-state index in [9.17, 15) is 4.79 Å². The quantitative estimate of drug-likeness (QED) is 0.160. The van der Waals surface area contributed by atoms with Crippen molar-refractivity contribution in [2.24, 2.45) is 0 Å². The SMILES string of the molecule is COc1cccc(NC(=O)NC(Cc2ccccc2)c2nnc(SCc3cccc(C)c3)n2-c2cc(Cl)ccc2C)c1. The van der Waals surface area contributed by atoms with E-state index in [1.165, 1.54) is 11.1 Å². The van der Waals surface area contributed by atoms with Crippen molar-refractivity contribution in [3.63, 3.8) is 0 Å². The number of hydrogen-bond acceptors (Lipinski definition) is 5. The third kappa shape index (κ3) is 7.32. The predicted molar refractivity (Wildman–Crippen MR) is 170 cm³/mol. The number of benzene rings is 4. The summed E-state index contributed by atoms with van der Waals surface area (Å²) in [7, 11) is 1.59. The third-order valence-corrected chi connectivity index (χ3v) is 7.98. The Labute approximate surface area is 255 Å². The van der Waals surface area contributed by atoms with Gasteiger partial charge in [-0.3, -0.25) is 4.57 Å². The maximum Gasteiger partial charge on any atom is 0.319 e. The fraction of sp³-hybridized carbons (Fsp3) is 0.182. The van der Waals surface area contributed by atoms with E-state index in [4.69, 9.17) is 16.3 Å². The molecule has 42 heavy (non-hydrogen) atoms. The van der Waals surface area contributed by atoms with E-state index < -0.39 is 6.04 Å². The number of aryl methyl sites for hydroxylation is 2. The summed E-state index contributed by atoms with van der Waals surface area (Å²) >= 11 is 8.08. The average molecular weight is 598 g/mol. The maximum atomic E-state index is 13.4. The van der Waals surface area contributed by atoms with E-state index in [0.717, 1.165) is 16.8 Å². The first kappa shape index (κ1) is 29.2. The van der Waals surface area contributed by atoms with Crippen LogP contribution < -0.4 is 15.4 Å². The highest BCUT2D eigenvalue weighted by atomic mass is 35.5. The average Bonchev–Trinajstić information content (AvgIpc) is 3.41. The summed E-state index contributed by atoms with van der Waals surface area (Å²) in [6, 6.07) is 30.5. The second-order valence-corrected chi connectivity index (χ2v) is 11.3. The summed E-state index contributed by atoms with van der Waals surface area (Å²) in [6.07, 6.45) is 0.507. The molecule has 2 N–H and O–H groups in total. The molecule has 4 aromatic carbocycles. The molecule has 0 spiro atoms. The Morgan fingerprint density at radius 3 is 2.50 bits per heavy atom. The van der Waals surface area contributed by atoms with Gasteiger partial charge in [0.05, 0.1) is 18.8 Å². The monoisotopic (exact) mass is 597 g/mol. The highest BCUT2D eigenvalue weighted by Gasteiger charge is 2.26. The molecular weight excluding hydrogens is 566 g/mol. The number of ether oxygens (including phenoxy) is 1. The van der Waals surface area contributed by atoms with Crippen LogP contribution in [0.3, 0.4) is 0 Å². The minimum atomic E-state index is -0.503. The lowest BCUT2D eigenvalue weighted by molar-refractivity contribution is 0.247. The first-order chi connectivity index (χ1) is 20.4. The Bertz CT molecular complexity index is 1670. The summed E-state index contributed by atoms with van der Waals surface area (Å²) < 4.78 is 7.32. The van der Waals surface area contributed by atoms with Crippen molar-refractivity contribution in [1.29, 1.82) is 0 Å². The molecule has 0 saturated carbocycles. The van der Waals surface area contributed by atoms with Crippen molar-refractivity contribution >= 4 is 35.1 Å². The van der Waals surface area contributed by atoms with Gasteiger partial charge in [-0.15, -0.1) is 10.2 Å². The molecule has 0 radical (unpaired) electrons. The highest BCUT2D eigenvalue weighted by molar-refractivity contribution is 7.98. The largest absolute Gasteiger partial charge is 0.497 e. The molecule has 2 amide bonds. The molecule has 0 aliphatic carbocycles. The number of hydrogen-bond donors (Lipinski definition) is 2. The van der Waals surface area contributed by atoms with Gasteiger partial charge in [0.15, 0.2) is 11.0 Å². The van der Waals surface area contributed by atoms with E-state index in [1.54, 1.807) is 24.9 Å². The number of amides is 2. The van der Waals surface area contributed by atoms with Gasteiger partial charge in [-0.25, -0.2) is 4.79 Å². The lowest BCUT2D eigenvalue weighted by Gasteiger charge is -2.21. The molecule has 0 saturated heterocycles.